The minimum absolute atomic E-state index is 0.105. The summed E-state index contributed by atoms with van der Waals surface area (Å²) in [6, 6.07) is 4.59. The van der Waals surface area contributed by atoms with E-state index in [1.165, 1.54) is 7.11 Å². The van der Waals surface area contributed by atoms with Crippen LogP contribution in [0.5, 0.6) is 5.75 Å². The van der Waals surface area contributed by atoms with Crippen molar-refractivity contribution in [1.82, 2.24) is 0 Å². The molecule has 0 saturated carbocycles. The molecule has 1 heterocycles. The van der Waals surface area contributed by atoms with Crippen LogP contribution < -0.4 is 10.5 Å². The highest BCUT2D eigenvalue weighted by atomic mass is 19.1. The third kappa shape index (κ3) is 2.42. The molecule has 2 rings (SSSR count). The third-order valence-electron chi connectivity index (χ3n) is 3.24. The van der Waals surface area contributed by atoms with Gasteiger partial charge in [-0.25, -0.2) is 4.39 Å². The molecule has 0 radical (unpaired) electrons. The number of ether oxygens (including phenoxy) is 2. The van der Waals surface area contributed by atoms with Crippen molar-refractivity contribution in [3.05, 3.63) is 29.6 Å². The van der Waals surface area contributed by atoms with Gasteiger partial charge in [-0.3, -0.25) is 0 Å². The van der Waals surface area contributed by atoms with E-state index in [2.05, 4.69) is 0 Å². The molecular formula is C13H18FNO2. The van der Waals surface area contributed by atoms with E-state index in [1.54, 1.807) is 18.2 Å². The summed E-state index contributed by atoms with van der Waals surface area (Å²) in [5.74, 6) is -0.158. The number of nitrogens with two attached hydrogens (primary N) is 1. The fourth-order valence-corrected chi connectivity index (χ4v) is 2.24. The van der Waals surface area contributed by atoms with Crippen LogP contribution in [0.4, 0.5) is 4.39 Å². The summed E-state index contributed by atoms with van der Waals surface area (Å²) in [5, 5.41) is 0. The number of halogens is 1. The van der Waals surface area contributed by atoms with Gasteiger partial charge in [-0.05, 0) is 25.8 Å². The molecule has 1 aromatic carbocycles. The van der Waals surface area contributed by atoms with Crippen molar-refractivity contribution in [2.24, 2.45) is 5.73 Å². The molecule has 0 aliphatic carbocycles. The molecule has 94 valence electrons. The van der Waals surface area contributed by atoms with Gasteiger partial charge >= 0.3 is 0 Å². The Hall–Kier alpha value is -1.13. The predicted molar refractivity (Wildman–Crippen MR) is 63.4 cm³/mol. The average Bonchev–Trinajstić information content (AvgIpc) is 2.75. The van der Waals surface area contributed by atoms with Gasteiger partial charge in [0.1, 0.15) is 0 Å². The Labute approximate surface area is 101 Å². The van der Waals surface area contributed by atoms with Crippen LogP contribution in [0.25, 0.3) is 0 Å². The van der Waals surface area contributed by atoms with E-state index >= 15 is 0 Å². The van der Waals surface area contributed by atoms with Gasteiger partial charge in [0.25, 0.3) is 0 Å². The molecule has 4 heteroatoms. The maximum absolute atomic E-state index is 14.0. The zero-order valence-corrected chi connectivity index (χ0v) is 10.2. The van der Waals surface area contributed by atoms with Crippen LogP contribution in [0, 0.1) is 5.82 Å². The number of hydrogen-bond donors (Lipinski definition) is 1. The van der Waals surface area contributed by atoms with Crippen LogP contribution in [-0.2, 0) is 4.74 Å². The Morgan fingerprint density at radius 1 is 1.47 bits per heavy atom. The molecule has 0 bridgehead atoms. The van der Waals surface area contributed by atoms with Crippen molar-refractivity contribution >= 4 is 0 Å². The smallest absolute Gasteiger partial charge is 0.169 e. The molecule has 3 unspecified atom stereocenters. The lowest BCUT2D eigenvalue weighted by atomic mass is 9.99. The average molecular weight is 239 g/mol. The molecule has 1 fully saturated rings. The summed E-state index contributed by atoms with van der Waals surface area (Å²) < 4.78 is 24.6. The van der Waals surface area contributed by atoms with E-state index in [4.69, 9.17) is 15.2 Å². The lowest BCUT2D eigenvalue weighted by Crippen LogP contribution is -2.27. The van der Waals surface area contributed by atoms with Crippen LogP contribution in [0.15, 0.2) is 18.2 Å². The fraction of sp³-hybridized carbons (Fsp3) is 0.538. The molecule has 1 aliphatic rings. The van der Waals surface area contributed by atoms with Gasteiger partial charge in [0, 0.05) is 5.56 Å². The first kappa shape index (κ1) is 12.3. The molecule has 3 nitrogen and oxygen atoms in total. The number of benzene rings is 1. The molecule has 0 amide bonds. The number of rotatable bonds is 3. The zero-order chi connectivity index (χ0) is 12.4. The van der Waals surface area contributed by atoms with E-state index < -0.39 is 6.04 Å². The highest BCUT2D eigenvalue weighted by Gasteiger charge is 2.30. The fourth-order valence-electron chi connectivity index (χ4n) is 2.24. The van der Waals surface area contributed by atoms with Crippen molar-refractivity contribution < 1.29 is 13.9 Å². The summed E-state index contributed by atoms with van der Waals surface area (Å²) in [6.45, 7) is 2.01. The highest BCUT2D eigenvalue weighted by Crippen LogP contribution is 2.32. The largest absolute Gasteiger partial charge is 0.494 e. The summed E-state index contributed by atoms with van der Waals surface area (Å²) in [6.07, 6.45) is 1.95. The summed E-state index contributed by atoms with van der Waals surface area (Å²) >= 11 is 0. The Morgan fingerprint density at radius 2 is 2.24 bits per heavy atom. The second kappa shape index (κ2) is 5.02. The monoisotopic (exact) mass is 239 g/mol. The molecule has 1 saturated heterocycles. The topological polar surface area (TPSA) is 44.5 Å². The Bertz CT molecular complexity index is 397. The number of methoxy groups -OCH3 is 1. The first-order valence-electron chi connectivity index (χ1n) is 5.87. The quantitative estimate of drug-likeness (QED) is 0.881. The van der Waals surface area contributed by atoms with Crippen molar-refractivity contribution in [2.45, 2.75) is 38.0 Å². The Kier molecular flexibility index (Phi) is 3.64. The van der Waals surface area contributed by atoms with Gasteiger partial charge in [-0.1, -0.05) is 12.1 Å². The maximum Gasteiger partial charge on any atom is 0.169 e. The normalized spacial score (nSPS) is 25.9. The highest BCUT2D eigenvalue weighted by molar-refractivity contribution is 5.33. The van der Waals surface area contributed by atoms with Gasteiger partial charge in [0.15, 0.2) is 11.6 Å². The van der Waals surface area contributed by atoms with E-state index in [0.29, 0.717) is 5.56 Å². The summed E-state index contributed by atoms with van der Waals surface area (Å²) in [4.78, 5) is 0. The van der Waals surface area contributed by atoms with Crippen LogP contribution in [-0.4, -0.2) is 19.3 Å². The summed E-state index contributed by atoms with van der Waals surface area (Å²) in [7, 11) is 1.45. The second-order valence-corrected chi connectivity index (χ2v) is 4.45. The Balaban J connectivity index is 2.21. The van der Waals surface area contributed by atoms with Crippen molar-refractivity contribution in [3.63, 3.8) is 0 Å². The predicted octanol–water partition coefficient (Wildman–Crippen LogP) is 2.40. The lowest BCUT2D eigenvalue weighted by Gasteiger charge is -2.21. The van der Waals surface area contributed by atoms with Crippen molar-refractivity contribution in [1.29, 1.82) is 0 Å². The lowest BCUT2D eigenvalue weighted by molar-refractivity contribution is 0.0393. The van der Waals surface area contributed by atoms with E-state index in [-0.39, 0.29) is 23.8 Å². The molecule has 1 aliphatic heterocycles. The first-order chi connectivity index (χ1) is 8.13. The molecule has 17 heavy (non-hydrogen) atoms. The van der Waals surface area contributed by atoms with E-state index in [9.17, 15) is 4.39 Å². The van der Waals surface area contributed by atoms with Gasteiger partial charge in [0.05, 0.1) is 25.4 Å². The molecule has 3 atom stereocenters. The van der Waals surface area contributed by atoms with Crippen molar-refractivity contribution in [3.8, 4) is 5.75 Å². The molecule has 0 spiro atoms. The van der Waals surface area contributed by atoms with Crippen LogP contribution >= 0.6 is 0 Å². The molecule has 2 N–H and O–H groups in total. The number of hydrogen-bond acceptors (Lipinski definition) is 3. The van der Waals surface area contributed by atoms with Crippen LogP contribution in [0.1, 0.15) is 31.4 Å². The van der Waals surface area contributed by atoms with Gasteiger partial charge in [-0.15, -0.1) is 0 Å². The first-order valence-corrected chi connectivity index (χ1v) is 5.87. The van der Waals surface area contributed by atoms with Crippen molar-refractivity contribution in [2.75, 3.05) is 7.11 Å². The zero-order valence-electron chi connectivity index (χ0n) is 10.2. The molecule has 1 aromatic rings. The van der Waals surface area contributed by atoms with E-state index in [1.807, 2.05) is 6.92 Å². The van der Waals surface area contributed by atoms with Crippen LogP contribution in [0.2, 0.25) is 0 Å². The molecule has 0 aromatic heterocycles. The third-order valence-corrected chi connectivity index (χ3v) is 3.24. The van der Waals surface area contributed by atoms with Gasteiger partial charge in [0.2, 0.25) is 0 Å². The summed E-state index contributed by atoms with van der Waals surface area (Å²) in [5.41, 5.74) is 6.53. The van der Waals surface area contributed by atoms with E-state index in [0.717, 1.165) is 12.8 Å². The minimum atomic E-state index is -0.435. The van der Waals surface area contributed by atoms with Gasteiger partial charge in [-0.2, -0.15) is 0 Å². The minimum Gasteiger partial charge on any atom is -0.494 e. The Morgan fingerprint density at radius 3 is 2.82 bits per heavy atom. The SMILES string of the molecule is COc1cccc(C(N)C2CCC(C)O2)c1F. The second-order valence-electron chi connectivity index (χ2n) is 4.45. The van der Waals surface area contributed by atoms with Crippen LogP contribution in [0.3, 0.4) is 0 Å². The molecular weight excluding hydrogens is 221 g/mol. The standard InChI is InChI=1S/C13H18FNO2/c1-8-6-7-11(17-8)13(15)9-4-3-5-10(16-2)12(9)14/h3-5,8,11,13H,6-7,15H2,1-2H3. The van der Waals surface area contributed by atoms with Gasteiger partial charge < -0.3 is 15.2 Å². The maximum atomic E-state index is 14.0.